The molecule has 0 aromatic rings. The topological polar surface area (TPSA) is 61.4 Å². The van der Waals surface area contributed by atoms with E-state index in [1.807, 2.05) is 4.90 Å². The maximum Gasteiger partial charge on any atom is 0.232 e. The van der Waals surface area contributed by atoms with E-state index in [0.29, 0.717) is 24.1 Å². The molecule has 0 aromatic heterocycles. The van der Waals surface area contributed by atoms with E-state index in [1.165, 1.54) is 24.6 Å². The molecule has 2 N–H and O–H groups in total. The van der Waals surface area contributed by atoms with Gasteiger partial charge < -0.3 is 15.5 Å². The average Bonchev–Trinajstić information content (AvgIpc) is 2.99. The minimum absolute atomic E-state index is 0. The first-order chi connectivity index (χ1) is 9.75. The zero-order chi connectivity index (χ0) is 14.2. The van der Waals surface area contributed by atoms with Gasteiger partial charge in [-0.3, -0.25) is 9.59 Å². The fourth-order valence-corrected chi connectivity index (χ4v) is 3.43. The minimum Gasteiger partial charge on any atom is -0.354 e. The smallest absolute Gasteiger partial charge is 0.232 e. The number of carbonyl (C=O) groups excluding carboxylic acids is 2. The Hall–Kier alpha value is -0.460. The highest BCUT2D eigenvalue weighted by Crippen LogP contribution is 2.11. The lowest BCUT2D eigenvalue weighted by Gasteiger charge is -2.26. The van der Waals surface area contributed by atoms with Gasteiger partial charge in [0, 0.05) is 25.7 Å². The van der Waals surface area contributed by atoms with Gasteiger partial charge in [-0.25, -0.2) is 0 Å². The van der Waals surface area contributed by atoms with Gasteiger partial charge in [0.05, 0.1) is 11.5 Å². The molecule has 2 aliphatic heterocycles. The Morgan fingerprint density at radius 3 is 2.57 bits per heavy atom. The van der Waals surface area contributed by atoms with E-state index in [1.54, 1.807) is 0 Å². The Morgan fingerprint density at radius 1 is 1.14 bits per heavy atom. The molecule has 1 atom stereocenters. The van der Waals surface area contributed by atoms with Crippen LogP contribution in [0.1, 0.15) is 32.1 Å². The van der Waals surface area contributed by atoms with Crippen LogP contribution in [0.15, 0.2) is 0 Å². The molecule has 0 radical (unpaired) electrons. The molecule has 2 heterocycles. The van der Waals surface area contributed by atoms with Crippen molar-refractivity contribution in [1.82, 2.24) is 15.5 Å². The highest BCUT2D eigenvalue weighted by molar-refractivity contribution is 8.00. The van der Waals surface area contributed by atoms with Crippen molar-refractivity contribution in [2.75, 3.05) is 37.7 Å². The van der Waals surface area contributed by atoms with Crippen LogP contribution < -0.4 is 10.6 Å². The molecule has 7 heteroatoms. The second-order valence-electron chi connectivity index (χ2n) is 5.53. The first kappa shape index (κ1) is 18.6. The number of amides is 2. The highest BCUT2D eigenvalue weighted by Gasteiger charge is 2.17. The van der Waals surface area contributed by atoms with Crippen LogP contribution in [0.2, 0.25) is 0 Å². The third-order valence-corrected chi connectivity index (χ3v) is 4.79. The summed E-state index contributed by atoms with van der Waals surface area (Å²) in [5.41, 5.74) is 0. The van der Waals surface area contributed by atoms with E-state index in [9.17, 15) is 9.59 Å². The summed E-state index contributed by atoms with van der Waals surface area (Å²) >= 11 is 1.42. The van der Waals surface area contributed by atoms with Crippen LogP contribution in [0.3, 0.4) is 0 Å². The van der Waals surface area contributed by atoms with Gasteiger partial charge >= 0.3 is 0 Å². The summed E-state index contributed by atoms with van der Waals surface area (Å²) in [6.07, 6.45) is 5.80. The monoisotopic (exact) mass is 335 g/mol. The summed E-state index contributed by atoms with van der Waals surface area (Å²) in [7, 11) is 0. The molecule has 0 aromatic carbocycles. The molecule has 0 saturated carbocycles. The second kappa shape index (κ2) is 10.3. The normalized spacial score (nSPS) is 21.7. The first-order valence-electron chi connectivity index (χ1n) is 7.61. The molecule has 2 aliphatic rings. The molecule has 2 fully saturated rings. The van der Waals surface area contributed by atoms with E-state index in [2.05, 4.69) is 10.6 Å². The summed E-state index contributed by atoms with van der Waals surface area (Å²) < 4.78 is 0. The Morgan fingerprint density at radius 2 is 1.90 bits per heavy atom. The zero-order valence-corrected chi connectivity index (χ0v) is 14.1. The van der Waals surface area contributed by atoms with Crippen LogP contribution in [0.4, 0.5) is 0 Å². The predicted molar refractivity (Wildman–Crippen MR) is 89.0 cm³/mol. The molecule has 2 saturated heterocycles. The van der Waals surface area contributed by atoms with Gasteiger partial charge in [-0.1, -0.05) is 0 Å². The summed E-state index contributed by atoms with van der Waals surface area (Å²) in [6, 6.07) is 0.430. The van der Waals surface area contributed by atoms with Gasteiger partial charge in [-0.15, -0.1) is 24.2 Å². The van der Waals surface area contributed by atoms with Crippen LogP contribution in [0, 0.1) is 0 Å². The van der Waals surface area contributed by atoms with Gasteiger partial charge in [-0.2, -0.15) is 0 Å². The van der Waals surface area contributed by atoms with E-state index < -0.39 is 0 Å². The molecule has 2 rings (SSSR count). The number of hydrogen-bond donors (Lipinski definition) is 2. The van der Waals surface area contributed by atoms with Crippen LogP contribution in [-0.4, -0.2) is 60.4 Å². The predicted octanol–water partition coefficient (Wildman–Crippen LogP) is 1.02. The van der Waals surface area contributed by atoms with Crippen molar-refractivity contribution < 1.29 is 9.59 Å². The van der Waals surface area contributed by atoms with Crippen molar-refractivity contribution in [2.45, 2.75) is 38.1 Å². The number of likely N-dealkylation sites (tertiary alicyclic amines) is 1. The van der Waals surface area contributed by atoms with Crippen LogP contribution in [0.5, 0.6) is 0 Å². The van der Waals surface area contributed by atoms with E-state index in [0.717, 1.165) is 38.9 Å². The van der Waals surface area contributed by atoms with Crippen LogP contribution in [-0.2, 0) is 9.59 Å². The van der Waals surface area contributed by atoms with Crippen molar-refractivity contribution in [3.8, 4) is 0 Å². The van der Waals surface area contributed by atoms with Crippen molar-refractivity contribution in [3.05, 3.63) is 0 Å². The Labute approximate surface area is 137 Å². The quantitative estimate of drug-likeness (QED) is 0.761. The van der Waals surface area contributed by atoms with E-state index in [-0.39, 0.29) is 24.2 Å². The highest BCUT2D eigenvalue weighted by atomic mass is 35.5. The van der Waals surface area contributed by atoms with Crippen molar-refractivity contribution in [1.29, 1.82) is 0 Å². The zero-order valence-electron chi connectivity index (χ0n) is 12.4. The van der Waals surface area contributed by atoms with E-state index >= 15 is 0 Å². The van der Waals surface area contributed by atoms with Gasteiger partial charge in [0.1, 0.15) is 0 Å². The Balaban J connectivity index is 0.00000220. The maximum atomic E-state index is 11.9. The molecule has 122 valence electrons. The molecule has 2 amide bonds. The number of piperidine rings is 1. The average molecular weight is 336 g/mol. The third-order valence-electron chi connectivity index (χ3n) is 3.88. The molecule has 0 aliphatic carbocycles. The number of hydrogen-bond acceptors (Lipinski definition) is 4. The standard InChI is InChI=1S/C14H25N3O2S.ClH/c18-13(16-9-12-5-4-6-15-12)10-20-11-14(19)17-7-2-1-3-8-17;/h12,15H,1-11H2,(H,16,18);1H. The summed E-state index contributed by atoms with van der Waals surface area (Å²) in [4.78, 5) is 25.5. The number of rotatable bonds is 6. The number of nitrogens with zero attached hydrogens (tertiary/aromatic N) is 1. The Kier molecular flexibility index (Phi) is 9.11. The number of nitrogens with one attached hydrogen (secondary N) is 2. The van der Waals surface area contributed by atoms with Gasteiger partial charge in [-0.05, 0) is 38.6 Å². The van der Waals surface area contributed by atoms with E-state index in [4.69, 9.17) is 0 Å². The molecule has 0 spiro atoms. The SMILES string of the molecule is Cl.O=C(CSCC(=O)N1CCCCC1)NCC1CCCN1. The third kappa shape index (κ3) is 6.89. The molecular formula is C14H26ClN3O2S. The largest absolute Gasteiger partial charge is 0.354 e. The van der Waals surface area contributed by atoms with Crippen molar-refractivity contribution >= 4 is 36.0 Å². The lowest BCUT2D eigenvalue weighted by molar-refractivity contribution is -0.129. The lowest BCUT2D eigenvalue weighted by Crippen LogP contribution is -2.39. The first-order valence-corrected chi connectivity index (χ1v) is 8.77. The van der Waals surface area contributed by atoms with Gasteiger partial charge in [0.2, 0.25) is 11.8 Å². The number of carbonyl (C=O) groups is 2. The lowest BCUT2D eigenvalue weighted by atomic mass is 10.1. The molecule has 21 heavy (non-hydrogen) atoms. The molecule has 0 bridgehead atoms. The minimum atomic E-state index is 0. The Bertz CT molecular complexity index is 332. The molecular weight excluding hydrogens is 310 g/mol. The summed E-state index contributed by atoms with van der Waals surface area (Å²) in [5.74, 6) is 1.02. The molecule has 5 nitrogen and oxygen atoms in total. The summed E-state index contributed by atoms with van der Waals surface area (Å²) in [5, 5.41) is 6.28. The summed E-state index contributed by atoms with van der Waals surface area (Å²) in [6.45, 7) is 3.54. The van der Waals surface area contributed by atoms with Gasteiger partial charge in [0.15, 0.2) is 0 Å². The molecule has 1 unspecified atom stereocenters. The maximum absolute atomic E-state index is 11.9. The fourth-order valence-electron chi connectivity index (χ4n) is 2.68. The second-order valence-corrected chi connectivity index (χ2v) is 6.52. The number of halogens is 1. The van der Waals surface area contributed by atoms with Crippen molar-refractivity contribution in [2.24, 2.45) is 0 Å². The van der Waals surface area contributed by atoms with Crippen LogP contribution in [0.25, 0.3) is 0 Å². The van der Waals surface area contributed by atoms with Crippen molar-refractivity contribution in [3.63, 3.8) is 0 Å². The van der Waals surface area contributed by atoms with Gasteiger partial charge in [0.25, 0.3) is 0 Å². The number of thioether (sulfide) groups is 1. The van der Waals surface area contributed by atoms with Crippen LogP contribution >= 0.6 is 24.2 Å². The fraction of sp³-hybridized carbons (Fsp3) is 0.857.